The standard InChI is InChI=1S/C22H22N4.C14H13N3.C14H12N3.BFH.BH2.BH.Ir/c1-3-9-21(10-4-1)25-17-15-23(19-25)13-7-8-14-24-16-18-26(20-24)22-11-5-2-6-12-22;2*1-10-11(2)17-9-8-15-13(14(17)16-10)12-6-4-3-5-7-12;1-2;;;/h1-6,9,11,15-20H,7-8,13-14H2;3-9H,1-2H3;3-6,8-9H,1-2H3;1H;1H2;1H;/q-4;;-1;;;;/i;;;1D;1D2;1D;. The summed E-state index contributed by atoms with van der Waals surface area (Å²) >= 11 is 0. The molecule has 0 bridgehead atoms. The Labute approximate surface area is 407 Å². The summed E-state index contributed by atoms with van der Waals surface area (Å²) in [5.41, 5.74) is 12.3. The number of para-hydroxylation sites is 2. The quantitative estimate of drug-likeness (QED) is 0.0815. The minimum absolute atomic E-state index is 0. The topological polar surface area (TPSA) is 73.3 Å². The predicted octanol–water partition coefficient (Wildman–Crippen LogP) is 8.22. The Hall–Kier alpha value is -6.43. The van der Waals surface area contributed by atoms with Gasteiger partial charge in [-0.15, -0.1) is 47.3 Å². The number of nitrogens with zero attached hydrogens (tertiary/aromatic N) is 10. The second kappa shape index (κ2) is 25.2. The van der Waals surface area contributed by atoms with Gasteiger partial charge in [0.05, 0.1) is 19.7 Å². The van der Waals surface area contributed by atoms with E-state index in [0.29, 0.717) is 8.34 Å². The maximum atomic E-state index is 9.83. The van der Waals surface area contributed by atoms with Gasteiger partial charge >= 0.3 is 8.09 Å². The first kappa shape index (κ1) is 45.2. The van der Waals surface area contributed by atoms with E-state index in [1.807, 2.05) is 111 Å². The molecule has 6 heterocycles. The molecule has 0 N–H and O–H groups in total. The zero-order valence-electron chi connectivity index (χ0n) is 40.8. The smallest absolute Gasteiger partial charge is 0.333 e. The van der Waals surface area contributed by atoms with E-state index < -0.39 is 0 Å². The van der Waals surface area contributed by atoms with Crippen molar-refractivity contribution in [2.24, 2.45) is 0 Å². The van der Waals surface area contributed by atoms with E-state index in [0.717, 1.165) is 88.2 Å². The van der Waals surface area contributed by atoms with Crippen LogP contribution in [-0.2, 0) is 20.1 Å². The second-order valence-electron chi connectivity index (χ2n) is 14.5. The number of rotatable bonds is 9. The van der Waals surface area contributed by atoms with Crippen LogP contribution in [0.3, 0.4) is 0 Å². The summed E-state index contributed by atoms with van der Waals surface area (Å²) in [7, 11) is 4.00. The van der Waals surface area contributed by atoms with E-state index in [1.165, 1.54) is 5.69 Å². The fraction of sp³-hybridized carbons (Fsp3) is 0.160. The van der Waals surface area contributed by atoms with E-state index in [9.17, 15) is 4.32 Å². The van der Waals surface area contributed by atoms with Crippen LogP contribution >= 0.6 is 0 Å². The fourth-order valence-electron chi connectivity index (χ4n) is 6.96. The molecule has 4 aromatic carbocycles. The molecule has 15 heteroatoms. The molecule has 0 spiro atoms. The molecule has 2 aliphatic heterocycles. The molecular weight excluding hydrogens is 984 g/mol. The van der Waals surface area contributed by atoms with Crippen LogP contribution in [0, 0.1) is 59.2 Å². The van der Waals surface area contributed by atoms with Crippen molar-refractivity contribution in [1.29, 1.82) is 5.34 Å². The number of fused-ring (bicyclic) bond motifs is 2. The molecule has 0 unspecified atom stereocenters. The summed E-state index contributed by atoms with van der Waals surface area (Å²) < 4.78 is 36.2. The van der Waals surface area contributed by atoms with Crippen LogP contribution in [0.5, 0.6) is 0 Å². The van der Waals surface area contributed by atoms with Gasteiger partial charge in [-0.1, -0.05) is 30.3 Å². The average Bonchev–Trinajstić information content (AvgIpc) is 4.19. The molecule has 0 amide bonds. The van der Waals surface area contributed by atoms with Crippen molar-refractivity contribution in [2.75, 3.05) is 22.9 Å². The van der Waals surface area contributed by atoms with E-state index >= 15 is 0 Å². The van der Waals surface area contributed by atoms with Crippen LogP contribution in [0.1, 0.15) is 35.6 Å². The molecule has 0 aliphatic carbocycles. The molecule has 4 aromatic heterocycles. The van der Waals surface area contributed by atoms with Crippen molar-refractivity contribution in [2.45, 2.75) is 40.5 Å². The summed E-state index contributed by atoms with van der Waals surface area (Å²) in [4.78, 5) is 26.7. The Morgan fingerprint density at radius 3 is 1.57 bits per heavy atom. The minimum atomic E-state index is -0.250. The SMILES string of the molecule is Cc1nc2c(-c3[c-]cccc3)nccn2c1C.Cc1nc2c(-c3ccccc3)nccn2c1C.[2H][B].[2H][B]F.[2H][B][2H].[Ir].[c-]1ccccc1N1C=CN(CCCCN2C=CN(c3[c-]cccc3)[CH-]2)[CH-]1. The van der Waals surface area contributed by atoms with Crippen molar-refractivity contribution in [3.05, 3.63) is 207 Å². The normalized spacial score (nSPS) is 12.8. The summed E-state index contributed by atoms with van der Waals surface area (Å²) in [5, 5.41) is 0. The Morgan fingerprint density at radius 1 is 0.662 bits per heavy atom. The number of imidazole rings is 2. The van der Waals surface area contributed by atoms with Crippen LogP contribution in [-0.4, -0.2) is 81.8 Å². The van der Waals surface area contributed by atoms with Crippen LogP contribution < -0.4 is 9.80 Å². The van der Waals surface area contributed by atoms with Gasteiger partial charge in [0.25, 0.3) is 0 Å². The number of halogens is 1. The first-order chi connectivity index (χ1) is 33.3. The summed E-state index contributed by atoms with van der Waals surface area (Å²) in [6, 6.07) is 43.7. The van der Waals surface area contributed by atoms with Crippen LogP contribution in [0.25, 0.3) is 33.8 Å². The van der Waals surface area contributed by atoms with Gasteiger partial charge in [0.15, 0.2) is 5.65 Å². The maximum Gasteiger partial charge on any atom is 0.333 e. The number of hydrogen-bond acceptors (Lipinski definition) is 8. The van der Waals surface area contributed by atoms with E-state index in [4.69, 9.17) is 5.34 Å². The third-order valence-corrected chi connectivity index (χ3v) is 10.5. The zero-order chi connectivity index (χ0) is 48.7. The third kappa shape index (κ3) is 12.6. The average molecular weight is 1040 g/mol. The van der Waals surface area contributed by atoms with Gasteiger partial charge in [-0.05, 0) is 82.4 Å². The van der Waals surface area contributed by atoms with Crippen molar-refractivity contribution in [3.8, 4) is 22.5 Å². The number of unbranched alkanes of at least 4 members (excludes halogenated alkanes) is 1. The Bertz CT molecular complexity index is 2570. The van der Waals surface area contributed by atoms with Crippen molar-refractivity contribution >= 4 is 47.5 Å². The number of hydrogen-bond donors (Lipinski definition) is 0. The van der Waals surface area contributed by atoms with Gasteiger partial charge in [-0.25, -0.2) is 9.97 Å². The number of benzene rings is 4. The zero-order valence-corrected chi connectivity index (χ0v) is 39.2. The molecular formula is C50H51B3FIrN10-5. The molecule has 65 heavy (non-hydrogen) atoms. The number of anilines is 2. The largest absolute Gasteiger partial charge is 0.508 e. The van der Waals surface area contributed by atoms with Gasteiger partial charge in [0.1, 0.15) is 11.3 Å². The Balaban J connectivity index is 0.000000213. The first-order valence-corrected chi connectivity index (χ1v) is 20.4. The van der Waals surface area contributed by atoms with E-state index in [1.54, 1.807) is 6.20 Å². The molecule has 331 valence electrons. The molecule has 5 radical (unpaired) electrons. The predicted molar refractivity (Wildman–Crippen MR) is 264 cm³/mol. The fourth-order valence-corrected chi connectivity index (χ4v) is 6.96. The molecule has 2 aliphatic rings. The van der Waals surface area contributed by atoms with E-state index in [-0.39, 0.29) is 28.2 Å². The molecule has 0 atom stereocenters. The minimum Gasteiger partial charge on any atom is -0.508 e. The van der Waals surface area contributed by atoms with Gasteiger partial charge in [0.2, 0.25) is 0 Å². The second-order valence-corrected chi connectivity index (χ2v) is 14.5. The van der Waals surface area contributed by atoms with Crippen molar-refractivity contribution in [3.63, 3.8) is 0 Å². The Morgan fingerprint density at radius 2 is 1.11 bits per heavy atom. The molecule has 10 rings (SSSR count). The molecule has 0 saturated carbocycles. The maximum absolute atomic E-state index is 9.83. The monoisotopic (exact) mass is 1040 g/mol. The molecule has 8 aromatic rings. The van der Waals surface area contributed by atoms with Crippen LogP contribution in [0.2, 0.25) is 0 Å². The van der Waals surface area contributed by atoms with Gasteiger partial charge in [-0.2, -0.15) is 74.0 Å². The van der Waals surface area contributed by atoms with Gasteiger partial charge in [0, 0.05) is 77.3 Å². The summed E-state index contributed by atoms with van der Waals surface area (Å²) in [6.45, 7) is 14.5. The van der Waals surface area contributed by atoms with Crippen LogP contribution in [0.4, 0.5) is 15.7 Å². The van der Waals surface area contributed by atoms with E-state index in [2.05, 4.69) is 151 Å². The van der Waals surface area contributed by atoms with Gasteiger partial charge < -0.3 is 32.7 Å². The third-order valence-electron chi connectivity index (χ3n) is 10.5. The summed E-state index contributed by atoms with van der Waals surface area (Å²) in [5.74, 6) is 0. The van der Waals surface area contributed by atoms with Crippen LogP contribution in [0.15, 0.2) is 153 Å². The number of aryl methyl sites for hydroxylation is 4. The summed E-state index contributed by atoms with van der Waals surface area (Å²) in [6.07, 6.45) is 18.2. The Kier molecular flexibility index (Phi) is 17.5. The molecule has 10 nitrogen and oxygen atoms in total. The molecule has 0 saturated heterocycles. The van der Waals surface area contributed by atoms with Gasteiger partial charge in [-0.3, -0.25) is 9.97 Å². The number of aromatic nitrogens is 6. The van der Waals surface area contributed by atoms with Crippen molar-refractivity contribution in [1.82, 2.24) is 38.5 Å². The van der Waals surface area contributed by atoms with Crippen molar-refractivity contribution < 1.29 is 24.4 Å². The first-order valence-electron chi connectivity index (χ1n) is 22.7. The molecule has 0 fully saturated rings.